The summed E-state index contributed by atoms with van der Waals surface area (Å²) < 4.78 is 3.39. The largest absolute Gasteiger partial charge is 0.322 e. The summed E-state index contributed by atoms with van der Waals surface area (Å²) in [5.41, 5.74) is 2.26. The number of benzene rings is 1. The van der Waals surface area contributed by atoms with Crippen molar-refractivity contribution in [2.24, 2.45) is 0 Å². The molecule has 0 radical (unpaired) electrons. The van der Waals surface area contributed by atoms with Gasteiger partial charge in [-0.05, 0) is 22.4 Å². The lowest BCUT2D eigenvalue weighted by Gasteiger charge is -2.00. The lowest BCUT2D eigenvalue weighted by molar-refractivity contribution is 0.736. The fraction of sp³-hybridized carbons (Fsp3) is 0.250. The Morgan fingerprint density at radius 1 is 1.20 bits per heavy atom. The molecule has 1 aromatic heterocycles. The van der Waals surface area contributed by atoms with Gasteiger partial charge in [0.1, 0.15) is 16.1 Å². The highest BCUT2D eigenvalue weighted by molar-refractivity contribution is 9.10. The van der Waals surface area contributed by atoms with Gasteiger partial charge in [-0.15, -0.1) is 0 Å². The second-order valence-corrected chi connectivity index (χ2v) is 4.54. The van der Waals surface area contributed by atoms with Crippen LogP contribution in [-0.2, 0) is 13.0 Å². The van der Waals surface area contributed by atoms with Crippen molar-refractivity contribution in [1.29, 1.82) is 0 Å². The first kappa shape index (κ1) is 9.16. The van der Waals surface area contributed by atoms with Crippen molar-refractivity contribution in [3.05, 3.63) is 40.8 Å². The third-order valence-corrected chi connectivity index (χ3v) is 3.62. The van der Waals surface area contributed by atoms with Crippen LogP contribution in [0.2, 0.25) is 0 Å². The molecule has 2 heterocycles. The van der Waals surface area contributed by atoms with E-state index < -0.39 is 0 Å². The van der Waals surface area contributed by atoms with Gasteiger partial charge in [-0.1, -0.05) is 30.3 Å². The molecule has 3 rings (SSSR count). The fourth-order valence-electron chi connectivity index (χ4n) is 2.07. The molecule has 1 aliphatic heterocycles. The Kier molecular flexibility index (Phi) is 2.13. The molecule has 0 amide bonds. The predicted octanol–water partition coefficient (Wildman–Crippen LogP) is 3.26. The van der Waals surface area contributed by atoms with Crippen LogP contribution in [0.15, 0.2) is 34.9 Å². The van der Waals surface area contributed by atoms with E-state index >= 15 is 0 Å². The highest BCUT2D eigenvalue weighted by Gasteiger charge is 2.19. The number of hydrogen-bond acceptors (Lipinski definition) is 1. The van der Waals surface area contributed by atoms with E-state index in [1.54, 1.807) is 0 Å². The van der Waals surface area contributed by atoms with Crippen LogP contribution in [0.1, 0.15) is 12.2 Å². The number of nitrogens with zero attached hydrogens (tertiary/aromatic N) is 2. The zero-order valence-electron chi connectivity index (χ0n) is 8.28. The topological polar surface area (TPSA) is 17.8 Å². The summed E-state index contributed by atoms with van der Waals surface area (Å²) >= 11 is 3.64. The molecule has 1 aliphatic rings. The van der Waals surface area contributed by atoms with Crippen LogP contribution in [-0.4, -0.2) is 9.55 Å². The van der Waals surface area contributed by atoms with Crippen molar-refractivity contribution in [3.63, 3.8) is 0 Å². The summed E-state index contributed by atoms with van der Waals surface area (Å²) in [6, 6.07) is 10.3. The van der Waals surface area contributed by atoms with Gasteiger partial charge in [-0.3, -0.25) is 0 Å². The van der Waals surface area contributed by atoms with E-state index in [1.807, 2.05) is 18.2 Å². The highest BCUT2D eigenvalue weighted by atomic mass is 79.9. The molecule has 0 unspecified atom stereocenters. The van der Waals surface area contributed by atoms with Crippen LogP contribution in [0.3, 0.4) is 0 Å². The van der Waals surface area contributed by atoms with E-state index in [2.05, 4.69) is 37.6 Å². The molecule has 0 spiro atoms. The minimum absolute atomic E-state index is 1.07. The van der Waals surface area contributed by atoms with Crippen LogP contribution < -0.4 is 0 Å². The Hall–Kier alpha value is -1.09. The molecule has 2 nitrogen and oxygen atoms in total. The maximum Gasteiger partial charge on any atom is 0.113 e. The summed E-state index contributed by atoms with van der Waals surface area (Å²) in [5.74, 6) is 1.21. The third kappa shape index (κ3) is 1.42. The van der Waals surface area contributed by atoms with Crippen LogP contribution in [0.25, 0.3) is 11.3 Å². The fourth-order valence-corrected chi connectivity index (χ4v) is 2.77. The number of aryl methyl sites for hydroxylation is 1. The Morgan fingerprint density at radius 2 is 2.00 bits per heavy atom. The zero-order valence-corrected chi connectivity index (χ0v) is 9.87. The van der Waals surface area contributed by atoms with Crippen LogP contribution in [0.5, 0.6) is 0 Å². The van der Waals surface area contributed by atoms with Crippen LogP contribution in [0, 0.1) is 0 Å². The minimum atomic E-state index is 1.07. The number of rotatable bonds is 1. The molecule has 0 atom stereocenters. The summed E-state index contributed by atoms with van der Waals surface area (Å²) in [5, 5.41) is 0. The normalized spacial score (nSPS) is 14.2. The van der Waals surface area contributed by atoms with Crippen molar-refractivity contribution < 1.29 is 0 Å². The van der Waals surface area contributed by atoms with E-state index in [-0.39, 0.29) is 0 Å². The number of aromatic nitrogens is 2. The zero-order chi connectivity index (χ0) is 10.3. The Labute approximate surface area is 97.1 Å². The molecule has 15 heavy (non-hydrogen) atoms. The highest BCUT2D eigenvalue weighted by Crippen LogP contribution is 2.31. The molecule has 76 valence electrons. The second kappa shape index (κ2) is 3.49. The predicted molar refractivity (Wildman–Crippen MR) is 63.7 cm³/mol. The van der Waals surface area contributed by atoms with Gasteiger partial charge in [0, 0.05) is 18.5 Å². The Bertz CT molecular complexity index is 488. The second-order valence-electron chi connectivity index (χ2n) is 3.79. The lowest BCUT2D eigenvalue weighted by Crippen LogP contribution is -1.91. The van der Waals surface area contributed by atoms with Crippen LogP contribution >= 0.6 is 15.9 Å². The van der Waals surface area contributed by atoms with Crippen molar-refractivity contribution in [1.82, 2.24) is 9.55 Å². The van der Waals surface area contributed by atoms with Gasteiger partial charge in [0.05, 0.1) is 0 Å². The van der Waals surface area contributed by atoms with E-state index in [1.165, 1.54) is 17.8 Å². The van der Waals surface area contributed by atoms with Gasteiger partial charge < -0.3 is 4.57 Å². The first-order valence-corrected chi connectivity index (χ1v) is 5.96. The van der Waals surface area contributed by atoms with Crippen LogP contribution in [0.4, 0.5) is 0 Å². The van der Waals surface area contributed by atoms with E-state index in [4.69, 9.17) is 0 Å². The molecule has 0 bridgehead atoms. The minimum Gasteiger partial charge on any atom is -0.322 e. The van der Waals surface area contributed by atoms with E-state index in [0.29, 0.717) is 0 Å². The summed E-state index contributed by atoms with van der Waals surface area (Å²) in [6.07, 6.45) is 2.32. The quantitative estimate of drug-likeness (QED) is 0.772. The first-order chi connectivity index (χ1) is 7.36. The number of halogens is 1. The van der Waals surface area contributed by atoms with Crippen molar-refractivity contribution >= 4 is 15.9 Å². The van der Waals surface area contributed by atoms with E-state index in [9.17, 15) is 0 Å². The Morgan fingerprint density at radius 3 is 2.73 bits per heavy atom. The summed E-state index contributed by atoms with van der Waals surface area (Å²) in [6.45, 7) is 1.09. The average molecular weight is 263 g/mol. The monoisotopic (exact) mass is 262 g/mol. The molecule has 0 saturated heterocycles. The number of fused-ring (bicyclic) bond motifs is 1. The summed E-state index contributed by atoms with van der Waals surface area (Å²) in [4.78, 5) is 4.68. The molecule has 0 aliphatic carbocycles. The molecule has 0 fully saturated rings. The average Bonchev–Trinajstić information content (AvgIpc) is 2.83. The van der Waals surface area contributed by atoms with Crippen molar-refractivity contribution in [2.75, 3.05) is 0 Å². The summed E-state index contributed by atoms with van der Waals surface area (Å²) in [7, 11) is 0. The van der Waals surface area contributed by atoms with Gasteiger partial charge >= 0.3 is 0 Å². The lowest BCUT2D eigenvalue weighted by atomic mass is 10.2. The number of hydrogen-bond donors (Lipinski definition) is 0. The van der Waals surface area contributed by atoms with Gasteiger partial charge in [0.2, 0.25) is 0 Å². The maximum atomic E-state index is 4.68. The van der Waals surface area contributed by atoms with Gasteiger partial charge in [-0.2, -0.15) is 0 Å². The molecule has 1 aromatic carbocycles. The first-order valence-electron chi connectivity index (χ1n) is 5.16. The maximum absolute atomic E-state index is 4.68. The van der Waals surface area contributed by atoms with Crippen molar-refractivity contribution in [3.8, 4) is 11.3 Å². The molecular formula is C12H11BrN2. The van der Waals surface area contributed by atoms with Crippen molar-refractivity contribution in [2.45, 2.75) is 19.4 Å². The SMILES string of the molecule is Brc1c(-c2ccccc2)nc2n1CCC2. The molecule has 3 heteroatoms. The number of imidazole rings is 1. The Balaban J connectivity index is 2.14. The van der Waals surface area contributed by atoms with Gasteiger partial charge in [0.15, 0.2) is 0 Å². The van der Waals surface area contributed by atoms with Gasteiger partial charge in [0.25, 0.3) is 0 Å². The molecule has 2 aromatic rings. The molecule has 0 saturated carbocycles. The third-order valence-electron chi connectivity index (χ3n) is 2.81. The van der Waals surface area contributed by atoms with E-state index in [0.717, 1.165) is 23.3 Å². The molecular weight excluding hydrogens is 252 g/mol. The standard InChI is InChI=1S/C12H11BrN2/c13-12-11(9-5-2-1-3-6-9)14-10-7-4-8-15(10)12/h1-3,5-6H,4,7-8H2. The molecule has 0 N–H and O–H groups in total. The van der Waals surface area contributed by atoms with Gasteiger partial charge in [-0.25, -0.2) is 4.98 Å². The smallest absolute Gasteiger partial charge is 0.113 e.